The molecule has 19 heavy (non-hydrogen) atoms. The van der Waals surface area contributed by atoms with Crippen molar-refractivity contribution in [1.82, 2.24) is 9.88 Å². The van der Waals surface area contributed by atoms with Crippen molar-refractivity contribution in [2.45, 2.75) is 39.8 Å². The maximum atomic E-state index is 11.2. The van der Waals surface area contributed by atoms with E-state index in [-0.39, 0.29) is 5.78 Å². The van der Waals surface area contributed by atoms with E-state index in [1.807, 2.05) is 0 Å². The van der Waals surface area contributed by atoms with Gasteiger partial charge in [-0.2, -0.15) is 0 Å². The second kappa shape index (κ2) is 4.49. The van der Waals surface area contributed by atoms with E-state index in [4.69, 9.17) is 0 Å². The van der Waals surface area contributed by atoms with Gasteiger partial charge in [-0.1, -0.05) is 0 Å². The Kier molecular flexibility index (Phi) is 2.94. The third-order valence-electron chi connectivity index (χ3n) is 4.30. The van der Waals surface area contributed by atoms with E-state index in [1.165, 1.54) is 33.3 Å². The zero-order chi connectivity index (χ0) is 13.6. The largest absolute Gasteiger partial charge is 0.348 e. The van der Waals surface area contributed by atoms with Crippen LogP contribution in [-0.4, -0.2) is 10.4 Å². The molecular formula is C16H20N2O. The minimum absolute atomic E-state index is 0.263. The molecule has 0 spiro atoms. The standard InChI is InChI=1S/C16H20N2O/c1-10(19)4-5-14-11(2)18(3)16-7-13-9-17-8-12(13)6-15(14)16/h6-7,17H,4-5,8-9H2,1-3H3. The number of aryl methyl sites for hydroxylation is 2. The number of carbonyl (C=O) groups excluding carboxylic acids is 1. The van der Waals surface area contributed by atoms with Gasteiger partial charge in [0.2, 0.25) is 0 Å². The molecule has 1 aliphatic rings. The zero-order valence-electron chi connectivity index (χ0n) is 11.8. The van der Waals surface area contributed by atoms with Crippen molar-refractivity contribution in [1.29, 1.82) is 0 Å². The molecule has 2 aromatic rings. The molecule has 2 heterocycles. The lowest BCUT2D eigenvalue weighted by Gasteiger charge is -2.02. The number of ketones is 1. The van der Waals surface area contributed by atoms with Crippen LogP contribution in [0.1, 0.15) is 35.7 Å². The van der Waals surface area contributed by atoms with Gasteiger partial charge in [-0.05, 0) is 49.1 Å². The highest BCUT2D eigenvalue weighted by Crippen LogP contribution is 2.30. The summed E-state index contributed by atoms with van der Waals surface area (Å²) in [5.41, 5.74) is 6.72. The number of rotatable bonds is 3. The third-order valence-corrected chi connectivity index (χ3v) is 4.30. The van der Waals surface area contributed by atoms with Crippen molar-refractivity contribution in [3.05, 3.63) is 34.5 Å². The molecule has 3 heteroatoms. The Bertz CT molecular complexity index is 667. The molecule has 0 aliphatic carbocycles. The molecule has 0 radical (unpaired) electrons. The second-order valence-corrected chi connectivity index (χ2v) is 5.57. The topological polar surface area (TPSA) is 34.0 Å². The van der Waals surface area contributed by atoms with Crippen molar-refractivity contribution in [2.24, 2.45) is 7.05 Å². The van der Waals surface area contributed by atoms with Gasteiger partial charge in [0, 0.05) is 43.2 Å². The highest BCUT2D eigenvalue weighted by Gasteiger charge is 2.17. The fourth-order valence-corrected chi connectivity index (χ4v) is 3.05. The molecule has 1 aromatic carbocycles. The van der Waals surface area contributed by atoms with Crippen LogP contribution in [0.3, 0.4) is 0 Å². The highest BCUT2D eigenvalue weighted by molar-refractivity contribution is 5.88. The molecule has 0 amide bonds. The van der Waals surface area contributed by atoms with Gasteiger partial charge in [-0.3, -0.25) is 0 Å². The Morgan fingerprint density at radius 1 is 1.32 bits per heavy atom. The van der Waals surface area contributed by atoms with Gasteiger partial charge in [0.15, 0.2) is 0 Å². The van der Waals surface area contributed by atoms with Crippen molar-refractivity contribution in [2.75, 3.05) is 0 Å². The maximum Gasteiger partial charge on any atom is 0.130 e. The molecule has 100 valence electrons. The van der Waals surface area contributed by atoms with Crippen LogP contribution in [-0.2, 0) is 31.4 Å². The molecule has 1 aromatic heterocycles. The van der Waals surface area contributed by atoms with E-state index in [0.29, 0.717) is 6.42 Å². The maximum absolute atomic E-state index is 11.2. The average molecular weight is 256 g/mol. The Morgan fingerprint density at radius 3 is 2.68 bits per heavy atom. The second-order valence-electron chi connectivity index (χ2n) is 5.57. The number of nitrogens with zero attached hydrogens (tertiary/aromatic N) is 1. The zero-order valence-corrected chi connectivity index (χ0v) is 11.8. The molecule has 0 unspecified atom stereocenters. The van der Waals surface area contributed by atoms with Gasteiger partial charge in [-0.15, -0.1) is 0 Å². The average Bonchev–Trinajstić information content (AvgIpc) is 2.91. The van der Waals surface area contributed by atoms with Crippen LogP contribution in [0.15, 0.2) is 12.1 Å². The molecular weight excluding hydrogens is 236 g/mol. The minimum atomic E-state index is 0.263. The number of Topliss-reactive ketones (excluding diaryl/α,β-unsaturated/α-hetero) is 1. The Balaban J connectivity index is 2.15. The van der Waals surface area contributed by atoms with Crippen molar-refractivity contribution in [3.8, 4) is 0 Å². The molecule has 1 aliphatic heterocycles. The van der Waals surface area contributed by atoms with Gasteiger partial charge in [0.05, 0.1) is 0 Å². The minimum Gasteiger partial charge on any atom is -0.348 e. The number of hydrogen-bond donors (Lipinski definition) is 1. The smallest absolute Gasteiger partial charge is 0.130 e. The van der Waals surface area contributed by atoms with Gasteiger partial charge in [0.1, 0.15) is 5.78 Å². The molecule has 3 rings (SSSR count). The van der Waals surface area contributed by atoms with Gasteiger partial charge in [0.25, 0.3) is 0 Å². The fraction of sp³-hybridized carbons (Fsp3) is 0.438. The summed E-state index contributed by atoms with van der Waals surface area (Å²) >= 11 is 0. The number of benzene rings is 1. The van der Waals surface area contributed by atoms with Gasteiger partial charge >= 0.3 is 0 Å². The highest BCUT2D eigenvalue weighted by atomic mass is 16.1. The molecule has 0 saturated heterocycles. The monoisotopic (exact) mass is 256 g/mol. The molecule has 0 atom stereocenters. The van der Waals surface area contributed by atoms with Crippen molar-refractivity contribution < 1.29 is 4.79 Å². The lowest BCUT2D eigenvalue weighted by Crippen LogP contribution is -2.00. The Labute approximate surface area is 113 Å². The van der Waals surface area contributed by atoms with E-state index in [9.17, 15) is 4.79 Å². The van der Waals surface area contributed by atoms with E-state index >= 15 is 0 Å². The summed E-state index contributed by atoms with van der Waals surface area (Å²) in [5, 5.41) is 4.72. The predicted molar refractivity (Wildman–Crippen MR) is 77.2 cm³/mol. The molecule has 0 saturated carbocycles. The first-order valence-electron chi connectivity index (χ1n) is 6.87. The summed E-state index contributed by atoms with van der Waals surface area (Å²) < 4.78 is 2.25. The van der Waals surface area contributed by atoms with Crippen LogP contribution in [0, 0.1) is 6.92 Å². The van der Waals surface area contributed by atoms with Crippen LogP contribution in [0.2, 0.25) is 0 Å². The van der Waals surface area contributed by atoms with Crippen LogP contribution in [0.4, 0.5) is 0 Å². The molecule has 3 nitrogen and oxygen atoms in total. The van der Waals surface area contributed by atoms with Crippen LogP contribution >= 0.6 is 0 Å². The summed E-state index contributed by atoms with van der Waals surface area (Å²) in [6, 6.07) is 4.61. The third kappa shape index (κ3) is 1.98. The van der Waals surface area contributed by atoms with Crippen molar-refractivity contribution in [3.63, 3.8) is 0 Å². The fourth-order valence-electron chi connectivity index (χ4n) is 3.05. The summed E-state index contributed by atoms with van der Waals surface area (Å²) in [7, 11) is 2.11. The summed E-state index contributed by atoms with van der Waals surface area (Å²) in [6.45, 7) is 5.75. The van der Waals surface area contributed by atoms with E-state index in [2.05, 4.69) is 36.0 Å². The normalized spacial score (nSPS) is 14.1. The first-order valence-corrected chi connectivity index (χ1v) is 6.87. The predicted octanol–water partition coefficient (Wildman–Crippen LogP) is 2.61. The number of carbonyl (C=O) groups is 1. The van der Waals surface area contributed by atoms with Crippen LogP contribution in [0.5, 0.6) is 0 Å². The number of nitrogens with one attached hydrogen (secondary N) is 1. The lowest BCUT2D eigenvalue weighted by molar-refractivity contribution is -0.116. The van der Waals surface area contributed by atoms with E-state index in [1.54, 1.807) is 6.92 Å². The van der Waals surface area contributed by atoms with Gasteiger partial charge in [-0.25, -0.2) is 0 Å². The summed E-state index contributed by atoms with van der Waals surface area (Å²) in [4.78, 5) is 11.2. The Morgan fingerprint density at radius 2 is 2.00 bits per heavy atom. The quantitative estimate of drug-likeness (QED) is 0.916. The van der Waals surface area contributed by atoms with Crippen LogP contribution < -0.4 is 5.32 Å². The van der Waals surface area contributed by atoms with Gasteiger partial charge < -0.3 is 14.7 Å². The van der Waals surface area contributed by atoms with E-state index in [0.717, 1.165) is 19.5 Å². The summed E-state index contributed by atoms with van der Waals surface area (Å²) in [6.07, 6.45) is 1.49. The number of hydrogen-bond acceptors (Lipinski definition) is 2. The molecule has 0 bridgehead atoms. The first-order chi connectivity index (χ1) is 9.08. The number of fused-ring (bicyclic) bond motifs is 2. The van der Waals surface area contributed by atoms with Crippen LogP contribution in [0.25, 0.3) is 10.9 Å². The first kappa shape index (κ1) is 12.4. The Hall–Kier alpha value is -1.61. The molecule has 1 N–H and O–H groups in total. The molecule has 0 fully saturated rings. The SMILES string of the molecule is CC(=O)CCc1c(C)n(C)c2cc3c(cc12)CNC3. The lowest BCUT2D eigenvalue weighted by atomic mass is 10.0. The summed E-state index contributed by atoms with van der Waals surface area (Å²) in [5.74, 6) is 0.263. The van der Waals surface area contributed by atoms with E-state index < -0.39 is 0 Å². The van der Waals surface area contributed by atoms with Crippen molar-refractivity contribution >= 4 is 16.7 Å². The number of aromatic nitrogens is 1.